The van der Waals surface area contributed by atoms with Crippen molar-refractivity contribution >= 4 is 0 Å². The highest BCUT2D eigenvalue weighted by molar-refractivity contribution is 5.22. The van der Waals surface area contributed by atoms with E-state index in [4.69, 9.17) is 9.47 Å². The number of hydrogen-bond donors (Lipinski definition) is 1. The van der Waals surface area contributed by atoms with Crippen molar-refractivity contribution in [2.75, 3.05) is 6.61 Å². The van der Waals surface area contributed by atoms with Gasteiger partial charge in [0, 0.05) is 6.42 Å². The Kier molecular flexibility index (Phi) is 5.23. The van der Waals surface area contributed by atoms with Crippen LogP contribution >= 0.6 is 0 Å². The minimum absolute atomic E-state index is 0.256. The lowest BCUT2D eigenvalue weighted by molar-refractivity contribution is 0.0175. The van der Waals surface area contributed by atoms with E-state index >= 15 is 0 Å². The van der Waals surface area contributed by atoms with Gasteiger partial charge in [-0.3, -0.25) is 0 Å². The Balaban J connectivity index is 1.82. The van der Waals surface area contributed by atoms with E-state index in [1.54, 1.807) is 0 Å². The van der Waals surface area contributed by atoms with Gasteiger partial charge in [-0.05, 0) is 38.1 Å². The molecule has 0 aliphatic rings. The third-order valence-corrected chi connectivity index (χ3v) is 3.05. The maximum atomic E-state index is 10.1. The molecule has 0 heterocycles. The lowest BCUT2D eigenvalue weighted by atomic mass is 10.0. The van der Waals surface area contributed by atoms with Crippen LogP contribution in [0.2, 0.25) is 0 Å². The highest BCUT2D eigenvalue weighted by atomic mass is 16.5. The van der Waals surface area contributed by atoms with Crippen LogP contribution in [0, 0.1) is 0 Å². The summed E-state index contributed by atoms with van der Waals surface area (Å²) in [4.78, 5) is 0. The molecule has 2 aromatic carbocycles. The smallest absolute Gasteiger partial charge is 0.120 e. The molecule has 0 aliphatic heterocycles. The third-order valence-electron chi connectivity index (χ3n) is 3.05. The molecule has 0 bridgehead atoms. The molecule has 0 spiro atoms. The summed E-state index contributed by atoms with van der Waals surface area (Å²) < 4.78 is 11.5. The van der Waals surface area contributed by atoms with Gasteiger partial charge in [-0.15, -0.1) is 0 Å². The average molecular weight is 286 g/mol. The van der Waals surface area contributed by atoms with Crippen LogP contribution < -0.4 is 9.47 Å². The van der Waals surface area contributed by atoms with E-state index < -0.39 is 11.7 Å². The fourth-order valence-corrected chi connectivity index (χ4v) is 2.18. The van der Waals surface area contributed by atoms with Gasteiger partial charge >= 0.3 is 0 Å². The van der Waals surface area contributed by atoms with Crippen molar-refractivity contribution in [2.24, 2.45) is 0 Å². The quantitative estimate of drug-likeness (QED) is 0.844. The van der Waals surface area contributed by atoms with Gasteiger partial charge in [0.15, 0.2) is 0 Å². The first-order valence-corrected chi connectivity index (χ1v) is 7.15. The maximum absolute atomic E-state index is 10.1. The average Bonchev–Trinajstić information content (AvgIpc) is 2.46. The van der Waals surface area contributed by atoms with Crippen LogP contribution in [0.3, 0.4) is 0 Å². The molecule has 0 aliphatic carbocycles. The van der Waals surface area contributed by atoms with Gasteiger partial charge in [0.1, 0.15) is 23.7 Å². The van der Waals surface area contributed by atoms with Crippen LogP contribution in [-0.4, -0.2) is 23.4 Å². The van der Waals surface area contributed by atoms with Crippen molar-refractivity contribution in [1.82, 2.24) is 0 Å². The van der Waals surface area contributed by atoms with Gasteiger partial charge in [-0.25, -0.2) is 0 Å². The van der Waals surface area contributed by atoms with Crippen molar-refractivity contribution in [3.63, 3.8) is 0 Å². The molecule has 0 saturated carbocycles. The van der Waals surface area contributed by atoms with Crippen molar-refractivity contribution in [1.29, 1.82) is 0 Å². The van der Waals surface area contributed by atoms with E-state index in [1.165, 1.54) is 0 Å². The van der Waals surface area contributed by atoms with Gasteiger partial charge in [0.25, 0.3) is 0 Å². The Labute approximate surface area is 126 Å². The third kappa shape index (κ3) is 5.48. The van der Waals surface area contributed by atoms with Crippen molar-refractivity contribution < 1.29 is 14.6 Å². The molecular weight excluding hydrogens is 264 g/mol. The molecule has 1 unspecified atom stereocenters. The fourth-order valence-electron chi connectivity index (χ4n) is 2.18. The van der Waals surface area contributed by atoms with Gasteiger partial charge in [0.05, 0.1) is 6.10 Å². The second-order valence-corrected chi connectivity index (χ2v) is 5.66. The minimum Gasteiger partial charge on any atom is -0.491 e. The van der Waals surface area contributed by atoms with Crippen molar-refractivity contribution in [2.45, 2.75) is 32.0 Å². The van der Waals surface area contributed by atoms with E-state index in [1.807, 2.05) is 74.5 Å². The normalized spacial score (nSPS) is 12.7. The molecule has 0 fully saturated rings. The zero-order valence-electron chi connectivity index (χ0n) is 12.5. The topological polar surface area (TPSA) is 38.7 Å². The van der Waals surface area contributed by atoms with E-state index in [0.717, 1.165) is 11.5 Å². The van der Waals surface area contributed by atoms with Gasteiger partial charge < -0.3 is 14.6 Å². The van der Waals surface area contributed by atoms with Crippen LogP contribution in [0.5, 0.6) is 11.5 Å². The molecule has 21 heavy (non-hydrogen) atoms. The number of para-hydroxylation sites is 2. The Bertz CT molecular complexity index is 523. The minimum atomic E-state index is -0.580. The SMILES string of the molecule is CC(C)(CC(O)COc1ccccc1)Oc1ccccc1. The molecule has 3 nitrogen and oxygen atoms in total. The van der Waals surface area contributed by atoms with Crippen LogP contribution in [0.4, 0.5) is 0 Å². The summed E-state index contributed by atoms with van der Waals surface area (Å²) in [6.07, 6.45) is -0.0849. The van der Waals surface area contributed by atoms with Crippen LogP contribution in [0.1, 0.15) is 20.3 Å². The largest absolute Gasteiger partial charge is 0.491 e. The molecule has 0 aromatic heterocycles. The molecule has 0 radical (unpaired) electrons. The number of rotatable bonds is 7. The molecular formula is C18H22O3. The molecule has 2 rings (SSSR count). The molecule has 0 amide bonds. The molecule has 1 atom stereocenters. The lowest BCUT2D eigenvalue weighted by Gasteiger charge is -2.28. The zero-order chi connectivity index (χ0) is 15.1. The number of aliphatic hydroxyl groups excluding tert-OH is 1. The van der Waals surface area contributed by atoms with Crippen LogP contribution in [-0.2, 0) is 0 Å². The van der Waals surface area contributed by atoms with E-state index in [-0.39, 0.29) is 6.61 Å². The summed E-state index contributed by atoms with van der Waals surface area (Å²) in [5.74, 6) is 1.57. The summed E-state index contributed by atoms with van der Waals surface area (Å²) in [6.45, 7) is 4.18. The highest BCUT2D eigenvalue weighted by Gasteiger charge is 2.24. The number of hydrogen-bond acceptors (Lipinski definition) is 3. The summed E-state index contributed by atoms with van der Waals surface area (Å²) in [5, 5.41) is 10.1. The summed E-state index contributed by atoms with van der Waals surface area (Å²) >= 11 is 0. The van der Waals surface area contributed by atoms with E-state index in [0.29, 0.717) is 6.42 Å². The first-order chi connectivity index (χ1) is 10.1. The second-order valence-electron chi connectivity index (χ2n) is 5.66. The number of ether oxygens (including phenoxy) is 2. The monoisotopic (exact) mass is 286 g/mol. The number of aliphatic hydroxyl groups is 1. The Morgan fingerprint density at radius 1 is 0.905 bits per heavy atom. The standard InChI is InChI=1S/C18H22O3/c1-18(2,21-17-11-7-4-8-12-17)13-15(19)14-20-16-9-5-3-6-10-16/h3-12,15,19H,13-14H2,1-2H3. The first kappa shape index (κ1) is 15.4. The Hall–Kier alpha value is -2.00. The van der Waals surface area contributed by atoms with Gasteiger partial charge in [-0.2, -0.15) is 0 Å². The van der Waals surface area contributed by atoms with Crippen LogP contribution in [0.15, 0.2) is 60.7 Å². The molecule has 0 saturated heterocycles. The van der Waals surface area contributed by atoms with E-state index in [9.17, 15) is 5.11 Å². The molecule has 112 valence electrons. The zero-order valence-corrected chi connectivity index (χ0v) is 12.5. The lowest BCUT2D eigenvalue weighted by Crippen LogP contribution is -2.35. The van der Waals surface area contributed by atoms with Crippen LogP contribution in [0.25, 0.3) is 0 Å². The maximum Gasteiger partial charge on any atom is 0.120 e. The Morgan fingerprint density at radius 2 is 1.43 bits per heavy atom. The predicted octanol–water partition coefficient (Wildman–Crippen LogP) is 3.67. The van der Waals surface area contributed by atoms with Gasteiger partial charge in [-0.1, -0.05) is 36.4 Å². The fraction of sp³-hybridized carbons (Fsp3) is 0.333. The van der Waals surface area contributed by atoms with Gasteiger partial charge in [0.2, 0.25) is 0 Å². The summed E-state index contributed by atoms with van der Waals surface area (Å²) in [6, 6.07) is 19.1. The molecule has 3 heteroatoms. The number of benzene rings is 2. The first-order valence-electron chi connectivity index (χ1n) is 7.15. The molecule has 1 N–H and O–H groups in total. The molecule has 2 aromatic rings. The predicted molar refractivity (Wildman–Crippen MR) is 83.7 cm³/mol. The summed E-state index contributed by atoms with van der Waals surface area (Å²) in [7, 11) is 0. The van der Waals surface area contributed by atoms with Crippen molar-refractivity contribution in [3.8, 4) is 11.5 Å². The summed E-state index contributed by atoms with van der Waals surface area (Å²) in [5.41, 5.74) is -0.458. The van der Waals surface area contributed by atoms with Crippen molar-refractivity contribution in [3.05, 3.63) is 60.7 Å². The van der Waals surface area contributed by atoms with E-state index in [2.05, 4.69) is 0 Å². The second kappa shape index (κ2) is 7.14. The highest BCUT2D eigenvalue weighted by Crippen LogP contribution is 2.22. The Morgan fingerprint density at radius 3 is 2.00 bits per heavy atom.